The highest BCUT2D eigenvalue weighted by Gasteiger charge is 2.34. The predicted octanol–water partition coefficient (Wildman–Crippen LogP) is 2.63. The average molecular weight is 261 g/mol. The maximum atomic E-state index is 6.18. The van der Waals surface area contributed by atoms with Crippen LogP contribution < -0.4 is 16.6 Å². The molecule has 0 radical (unpaired) electrons. The molecule has 1 aromatic carbocycles. The number of hydrogen-bond acceptors (Lipinski definition) is 3. The van der Waals surface area contributed by atoms with Crippen molar-refractivity contribution in [2.45, 2.75) is 64.1 Å². The standard InChI is InChI=1S/C16H27N3/c1-5-6-13-14(15(17)19-18-13)11-7-9-12(10-8-11)16(2,3)4/h7-10,13-15,18-19H,5-6,17H2,1-4H3. The van der Waals surface area contributed by atoms with Crippen LogP contribution in [0.4, 0.5) is 0 Å². The molecule has 3 heteroatoms. The molecular weight excluding hydrogens is 234 g/mol. The van der Waals surface area contributed by atoms with Gasteiger partial charge in [-0.1, -0.05) is 58.4 Å². The van der Waals surface area contributed by atoms with Gasteiger partial charge < -0.3 is 5.73 Å². The Bertz CT molecular complexity index is 403. The first-order valence-electron chi connectivity index (χ1n) is 7.30. The summed E-state index contributed by atoms with van der Waals surface area (Å²) in [6, 6.07) is 9.39. The van der Waals surface area contributed by atoms with E-state index in [4.69, 9.17) is 5.73 Å². The Morgan fingerprint density at radius 2 is 1.74 bits per heavy atom. The van der Waals surface area contributed by atoms with E-state index in [1.807, 2.05) is 0 Å². The Kier molecular flexibility index (Phi) is 4.29. The van der Waals surface area contributed by atoms with Gasteiger partial charge in [-0.15, -0.1) is 0 Å². The highest BCUT2D eigenvalue weighted by atomic mass is 15.5. The summed E-state index contributed by atoms with van der Waals surface area (Å²) in [4.78, 5) is 0. The number of nitrogens with one attached hydrogen (secondary N) is 2. The average Bonchev–Trinajstić information content (AvgIpc) is 2.70. The Morgan fingerprint density at radius 1 is 1.11 bits per heavy atom. The summed E-state index contributed by atoms with van der Waals surface area (Å²) in [5.41, 5.74) is 15.6. The van der Waals surface area contributed by atoms with Crippen molar-refractivity contribution in [3.8, 4) is 0 Å². The molecule has 0 aliphatic carbocycles. The van der Waals surface area contributed by atoms with E-state index in [2.05, 4.69) is 62.8 Å². The lowest BCUT2D eigenvalue weighted by Gasteiger charge is -2.23. The zero-order chi connectivity index (χ0) is 14.0. The molecule has 3 atom stereocenters. The van der Waals surface area contributed by atoms with Gasteiger partial charge >= 0.3 is 0 Å². The van der Waals surface area contributed by atoms with Crippen molar-refractivity contribution in [2.24, 2.45) is 5.73 Å². The zero-order valence-electron chi connectivity index (χ0n) is 12.5. The van der Waals surface area contributed by atoms with Crippen LogP contribution in [0.2, 0.25) is 0 Å². The third-order valence-corrected chi connectivity index (χ3v) is 4.02. The minimum absolute atomic E-state index is 0.00274. The Morgan fingerprint density at radius 3 is 2.26 bits per heavy atom. The van der Waals surface area contributed by atoms with Crippen molar-refractivity contribution in [3.05, 3.63) is 35.4 Å². The summed E-state index contributed by atoms with van der Waals surface area (Å²) >= 11 is 0. The van der Waals surface area contributed by atoms with Crippen LogP contribution in [0.3, 0.4) is 0 Å². The van der Waals surface area contributed by atoms with Gasteiger partial charge in [-0.2, -0.15) is 0 Å². The lowest BCUT2D eigenvalue weighted by molar-refractivity contribution is 0.485. The van der Waals surface area contributed by atoms with Crippen LogP contribution in [0, 0.1) is 0 Å². The van der Waals surface area contributed by atoms with E-state index in [9.17, 15) is 0 Å². The molecule has 1 saturated heterocycles. The molecule has 0 amide bonds. The molecular formula is C16H27N3. The van der Waals surface area contributed by atoms with E-state index >= 15 is 0 Å². The minimum Gasteiger partial charge on any atom is -0.314 e. The molecule has 3 unspecified atom stereocenters. The Hall–Kier alpha value is -0.900. The summed E-state index contributed by atoms with van der Waals surface area (Å²) < 4.78 is 0. The topological polar surface area (TPSA) is 50.1 Å². The van der Waals surface area contributed by atoms with E-state index in [0.717, 1.165) is 6.42 Å². The quantitative estimate of drug-likeness (QED) is 0.784. The van der Waals surface area contributed by atoms with Crippen LogP contribution >= 0.6 is 0 Å². The summed E-state index contributed by atoms with van der Waals surface area (Å²) in [7, 11) is 0. The van der Waals surface area contributed by atoms with Crippen molar-refractivity contribution in [1.29, 1.82) is 0 Å². The maximum absolute atomic E-state index is 6.18. The number of hydrazine groups is 1. The highest BCUT2D eigenvalue weighted by molar-refractivity contribution is 5.31. The second-order valence-electron chi connectivity index (χ2n) is 6.61. The molecule has 1 aliphatic heterocycles. The molecule has 3 nitrogen and oxygen atoms in total. The molecule has 0 aromatic heterocycles. The van der Waals surface area contributed by atoms with Crippen LogP contribution in [-0.4, -0.2) is 12.2 Å². The van der Waals surface area contributed by atoms with Crippen molar-refractivity contribution >= 4 is 0 Å². The van der Waals surface area contributed by atoms with Gasteiger partial charge in [-0.25, -0.2) is 5.43 Å². The molecule has 106 valence electrons. The van der Waals surface area contributed by atoms with Gasteiger partial charge in [0, 0.05) is 12.0 Å². The molecule has 1 heterocycles. The van der Waals surface area contributed by atoms with Crippen LogP contribution in [0.5, 0.6) is 0 Å². The summed E-state index contributed by atoms with van der Waals surface area (Å²) in [6.07, 6.45) is 2.31. The first-order valence-corrected chi connectivity index (χ1v) is 7.30. The lowest BCUT2D eigenvalue weighted by Crippen LogP contribution is -2.38. The van der Waals surface area contributed by atoms with Gasteiger partial charge in [-0.05, 0) is 23.0 Å². The molecule has 19 heavy (non-hydrogen) atoms. The van der Waals surface area contributed by atoms with Crippen molar-refractivity contribution in [2.75, 3.05) is 0 Å². The first-order chi connectivity index (χ1) is 8.93. The molecule has 0 saturated carbocycles. The molecule has 1 aromatic rings. The van der Waals surface area contributed by atoms with Crippen LogP contribution in [-0.2, 0) is 5.41 Å². The zero-order valence-corrected chi connectivity index (χ0v) is 12.5. The minimum atomic E-state index is -0.00274. The molecule has 1 aliphatic rings. The fraction of sp³-hybridized carbons (Fsp3) is 0.625. The molecule has 1 fully saturated rings. The fourth-order valence-electron chi connectivity index (χ4n) is 2.84. The number of rotatable bonds is 3. The molecule has 0 spiro atoms. The number of nitrogens with two attached hydrogens (primary N) is 1. The second kappa shape index (κ2) is 5.61. The van der Waals surface area contributed by atoms with Gasteiger partial charge in [0.1, 0.15) is 0 Å². The SMILES string of the molecule is CCCC1NNC(N)C1c1ccc(C(C)(C)C)cc1. The van der Waals surface area contributed by atoms with Crippen LogP contribution in [0.1, 0.15) is 57.6 Å². The third-order valence-electron chi connectivity index (χ3n) is 4.02. The van der Waals surface area contributed by atoms with Gasteiger partial charge in [-0.3, -0.25) is 5.43 Å². The lowest BCUT2D eigenvalue weighted by atomic mass is 9.83. The molecule has 0 bridgehead atoms. The van der Waals surface area contributed by atoms with E-state index in [-0.39, 0.29) is 11.6 Å². The number of benzene rings is 1. The summed E-state index contributed by atoms with van der Waals surface area (Å²) in [5, 5.41) is 0. The fourth-order valence-corrected chi connectivity index (χ4v) is 2.84. The molecule has 4 N–H and O–H groups in total. The summed E-state index contributed by atoms with van der Waals surface area (Å²) in [5.74, 6) is 0.356. The van der Waals surface area contributed by atoms with Gasteiger partial charge in [0.25, 0.3) is 0 Å². The van der Waals surface area contributed by atoms with E-state index in [1.165, 1.54) is 17.5 Å². The monoisotopic (exact) mass is 261 g/mol. The van der Waals surface area contributed by atoms with Crippen LogP contribution in [0.25, 0.3) is 0 Å². The molecule has 2 rings (SSSR count). The normalized spacial score (nSPS) is 27.7. The second-order valence-corrected chi connectivity index (χ2v) is 6.61. The number of hydrogen-bond donors (Lipinski definition) is 3. The Labute approximate surface area is 116 Å². The summed E-state index contributed by atoms with van der Waals surface area (Å²) in [6.45, 7) is 8.94. The van der Waals surface area contributed by atoms with Crippen LogP contribution in [0.15, 0.2) is 24.3 Å². The van der Waals surface area contributed by atoms with Gasteiger partial charge in [0.05, 0.1) is 6.17 Å². The smallest absolute Gasteiger partial charge is 0.0764 e. The third kappa shape index (κ3) is 3.16. The maximum Gasteiger partial charge on any atom is 0.0764 e. The predicted molar refractivity (Wildman–Crippen MR) is 80.8 cm³/mol. The van der Waals surface area contributed by atoms with Crippen molar-refractivity contribution < 1.29 is 0 Å². The van der Waals surface area contributed by atoms with Crippen molar-refractivity contribution in [3.63, 3.8) is 0 Å². The van der Waals surface area contributed by atoms with E-state index in [1.54, 1.807) is 0 Å². The van der Waals surface area contributed by atoms with Gasteiger partial charge in [0.2, 0.25) is 0 Å². The first kappa shape index (κ1) is 14.5. The largest absolute Gasteiger partial charge is 0.314 e. The van der Waals surface area contributed by atoms with Crippen molar-refractivity contribution in [1.82, 2.24) is 10.9 Å². The van der Waals surface area contributed by atoms with E-state index < -0.39 is 0 Å². The van der Waals surface area contributed by atoms with E-state index in [0.29, 0.717) is 12.0 Å². The Balaban J connectivity index is 2.20. The van der Waals surface area contributed by atoms with Gasteiger partial charge in [0.15, 0.2) is 0 Å². The highest BCUT2D eigenvalue weighted by Crippen LogP contribution is 2.30.